The van der Waals surface area contributed by atoms with Crippen LogP contribution in [0.3, 0.4) is 0 Å². The lowest BCUT2D eigenvalue weighted by Gasteiger charge is -2.34. The number of benzene rings is 2. The Balaban J connectivity index is 1.36. The fraction of sp³-hybridized carbons (Fsp3) is 0.286. The first-order chi connectivity index (χ1) is 14.0. The lowest BCUT2D eigenvalue weighted by molar-refractivity contribution is 0.0612. The highest BCUT2D eigenvalue weighted by Crippen LogP contribution is 2.24. The zero-order valence-electron chi connectivity index (χ0n) is 16.0. The van der Waals surface area contributed by atoms with Gasteiger partial charge in [0.25, 0.3) is 5.91 Å². The Kier molecular flexibility index (Phi) is 5.64. The predicted octanol–water partition coefficient (Wildman–Crippen LogP) is 3.47. The number of carbonyl (C=O) groups is 1. The Morgan fingerprint density at radius 2 is 1.93 bits per heavy atom. The Hall–Kier alpha value is -2.71. The molecule has 0 radical (unpaired) electrons. The van der Waals surface area contributed by atoms with Crippen molar-refractivity contribution in [2.75, 3.05) is 26.2 Å². The van der Waals surface area contributed by atoms with E-state index < -0.39 is 0 Å². The van der Waals surface area contributed by atoms with E-state index >= 15 is 0 Å². The molecule has 4 rings (SSSR count). The molecule has 7 nitrogen and oxygen atoms in total. The molecule has 2 aromatic carbocycles. The van der Waals surface area contributed by atoms with Crippen molar-refractivity contribution in [3.8, 4) is 17.1 Å². The van der Waals surface area contributed by atoms with E-state index in [1.165, 1.54) is 6.07 Å². The van der Waals surface area contributed by atoms with Crippen LogP contribution in [0.2, 0.25) is 0 Å². The van der Waals surface area contributed by atoms with Crippen molar-refractivity contribution < 1.29 is 14.4 Å². The second-order valence-electron chi connectivity index (χ2n) is 7.06. The molecule has 3 aromatic rings. The highest BCUT2D eigenvalue weighted by Gasteiger charge is 2.25. The van der Waals surface area contributed by atoms with Crippen molar-refractivity contribution in [1.82, 2.24) is 19.9 Å². The van der Waals surface area contributed by atoms with Gasteiger partial charge in [-0.15, -0.1) is 0 Å². The number of hydrogen-bond donors (Lipinski definition) is 1. The van der Waals surface area contributed by atoms with Crippen LogP contribution in [0, 0.1) is 6.92 Å². The molecular formula is C21H21BrN4O3. The summed E-state index contributed by atoms with van der Waals surface area (Å²) in [5.41, 5.74) is 2.38. The van der Waals surface area contributed by atoms with Gasteiger partial charge >= 0.3 is 0 Å². The first-order valence-corrected chi connectivity index (χ1v) is 10.2. The Bertz CT molecular complexity index is 1030. The number of nitrogens with zero attached hydrogens (tertiary/aromatic N) is 4. The third kappa shape index (κ3) is 4.33. The summed E-state index contributed by atoms with van der Waals surface area (Å²) in [6, 6.07) is 12.8. The molecule has 1 amide bonds. The lowest BCUT2D eigenvalue weighted by Crippen LogP contribution is -2.48. The summed E-state index contributed by atoms with van der Waals surface area (Å²) in [5, 5.41) is 14.1. The number of piperazine rings is 1. The second kappa shape index (κ2) is 8.34. The van der Waals surface area contributed by atoms with Gasteiger partial charge in [-0.2, -0.15) is 4.98 Å². The van der Waals surface area contributed by atoms with Crippen LogP contribution in [-0.4, -0.2) is 57.1 Å². The normalized spacial score (nSPS) is 14.9. The molecule has 1 aliphatic rings. The average Bonchev–Trinajstić information content (AvgIpc) is 3.18. The Morgan fingerprint density at radius 1 is 1.17 bits per heavy atom. The van der Waals surface area contributed by atoms with Crippen LogP contribution in [-0.2, 0) is 6.54 Å². The van der Waals surface area contributed by atoms with Crippen LogP contribution in [0.4, 0.5) is 0 Å². The van der Waals surface area contributed by atoms with E-state index in [9.17, 15) is 9.90 Å². The maximum Gasteiger partial charge on any atom is 0.257 e. The topological polar surface area (TPSA) is 82.7 Å². The minimum atomic E-state index is -0.164. The number of hydrogen-bond acceptors (Lipinski definition) is 6. The van der Waals surface area contributed by atoms with Gasteiger partial charge < -0.3 is 14.5 Å². The first-order valence-electron chi connectivity index (χ1n) is 9.40. The van der Waals surface area contributed by atoms with Crippen LogP contribution in [0.15, 0.2) is 51.5 Å². The molecule has 8 heteroatoms. The summed E-state index contributed by atoms with van der Waals surface area (Å²) in [4.78, 5) is 21.2. The molecule has 2 heterocycles. The number of rotatable bonds is 4. The minimum absolute atomic E-state index is 0.00442. The molecule has 0 unspecified atom stereocenters. The number of aryl methyl sites for hydroxylation is 1. The van der Waals surface area contributed by atoms with Crippen LogP contribution < -0.4 is 0 Å². The fourth-order valence-electron chi connectivity index (χ4n) is 3.40. The summed E-state index contributed by atoms with van der Waals surface area (Å²) in [5.74, 6) is 0.989. The van der Waals surface area contributed by atoms with E-state index in [-0.39, 0.29) is 11.7 Å². The fourth-order valence-corrected chi connectivity index (χ4v) is 3.76. The number of phenolic OH excluding ortho intramolecular Hbond substituents is 1. The standard InChI is InChI=1S/C21H21BrN4O3/c1-14-4-2-3-5-16(14)20-23-19(29-24-20)13-25-8-10-26(11-9-25)21(28)17-12-15(22)6-7-18(17)27/h2-7,12,27H,8-11,13H2,1H3. The monoisotopic (exact) mass is 456 g/mol. The van der Waals surface area contributed by atoms with Crippen molar-refractivity contribution in [2.24, 2.45) is 0 Å². The number of aromatic nitrogens is 2. The van der Waals surface area contributed by atoms with Crippen LogP contribution in [0.5, 0.6) is 5.75 Å². The third-order valence-corrected chi connectivity index (χ3v) is 5.55. The van der Waals surface area contributed by atoms with Gasteiger partial charge in [-0.3, -0.25) is 9.69 Å². The quantitative estimate of drug-likeness (QED) is 0.646. The van der Waals surface area contributed by atoms with Crippen molar-refractivity contribution in [3.63, 3.8) is 0 Å². The SMILES string of the molecule is Cc1ccccc1-c1noc(CN2CCN(C(=O)c3cc(Br)ccc3O)CC2)n1. The zero-order chi connectivity index (χ0) is 20.4. The van der Waals surface area contributed by atoms with Gasteiger partial charge in [0.2, 0.25) is 11.7 Å². The number of amides is 1. The molecule has 29 heavy (non-hydrogen) atoms. The van der Waals surface area contributed by atoms with Gasteiger partial charge in [0.15, 0.2) is 0 Å². The molecular weight excluding hydrogens is 436 g/mol. The van der Waals surface area contributed by atoms with Gasteiger partial charge in [0.1, 0.15) is 5.75 Å². The van der Waals surface area contributed by atoms with E-state index in [1.807, 2.05) is 31.2 Å². The first kappa shape index (κ1) is 19.6. The lowest BCUT2D eigenvalue weighted by atomic mass is 10.1. The maximum atomic E-state index is 12.7. The van der Waals surface area contributed by atoms with Crippen LogP contribution in [0.25, 0.3) is 11.4 Å². The summed E-state index contributed by atoms with van der Waals surface area (Å²) >= 11 is 3.35. The summed E-state index contributed by atoms with van der Waals surface area (Å²) in [7, 11) is 0. The van der Waals surface area contributed by atoms with Crippen LogP contribution in [0.1, 0.15) is 21.8 Å². The molecule has 0 atom stereocenters. The van der Waals surface area contributed by atoms with Gasteiger partial charge in [-0.1, -0.05) is 45.4 Å². The van der Waals surface area contributed by atoms with Gasteiger partial charge in [-0.25, -0.2) is 0 Å². The molecule has 1 fully saturated rings. The molecule has 1 saturated heterocycles. The number of phenols is 1. The largest absolute Gasteiger partial charge is 0.507 e. The smallest absolute Gasteiger partial charge is 0.257 e. The van der Waals surface area contributed by atoms with Crippen molar-refractivity contribution >= 4 is 21.8 Å². The van der Waals surface area contributed by atoms with Gasteiger partial charge in [0, 0.05) is 36.2 Å². The van der Waals surface area contributed by atoms with E-state index in [1.54, 1.807) is 17.0 Å². The molecule has 0 aliphatic carbocycles. The molecule has 0 spiro atoms. The minimum Gasteiger partial charge on any atom is -0.507 e. The molecule has 150 valence electrons. The molecule has 0 saturated carbocycles. The number of halogens is 1. The van der Waals surface area contributed by atoms with Crippen molar-refractivity contribution in [3.05, 3.63) is 64.0 Å². The van der Waals surface area contributed by atoms with Gasteiger partial charge in [0.05, 0.1) is 12.1 Å². The Labute approximate surface area is 177 Å². The zero-order valence-corrected chi connectivity index (χ0v) is 17.6. The summed E-state index contributed by atoms with van der Waals surface area (Å²) < 4.78 is 6.19. The highest BCUT2D eigenvalue weighted by molar-refractivity contribution is 9.10. The number of aromatic hydroxyl groups is 1. The molecule has 1 N–H and O–H groups in total. The van der Waals surface area contributed by atoms with E-state index in [4.69, 9.17) is 4.52 Å². The highest BCUT2D eigenvalue weighted by atomic mass is 79.9. The van der Waals surface area contributed by atoms with Gasteiger partial charge in [-0.05, 0) is 30.7 Å². The van der Waals surface area contributed by atoms with Crippen molar-refractivity contribution in [2.45, 2.75) is 13.5 Å². The van der Waals surface area contributed by atoms with E-state index in [0.717, 1.165) is 15.6 Å². The number of carbonyl (C=O) groups excluding carboxylic acids is 1. The summed E-state index contributed by atoms with van der Waals surface area (Å²) in [6.45, 7) is 5.10. The van der Waals surface area contributed by atoms with E-state index in [0.29, 0.717) is 50.0 Å². The predicted molar refractivity (Wildman–Crippen MR) is 111 cm³/mol. The average molecular weight is 457 g/mol. The molecule has 0 bridgehead atoms. The molecule has 1 aliphatic heterocycles. The van der Waals surface area contributed by atoms with E-state index in [2.05, 4.69) is 31.0 Å². The third-order valence-electron chi connectivity index (χ3n) is 5.06. The summed E-state index contributed by atoms with van der Waals surface area (Å²) in [6.07, 6.45) is 0. The maximum absolute atomic E-state index is 12.7. The molecule has 1 aromatic heterocycles. The van der Waals surface area contributed by atoms with Crippen molar-refractivity contribution in [1.29, 1.82) is 0 Å². The van der Waals surface area contributed by atoms with Crippen LogP contribution >= 0.6 is 15.9 Å². The Morgan fingerprint density at radius 3 is 2.69 bits per heavy atom. The second-order valence-corrected chi connectivity index (χ2v) is 7.97.